The number of hydrogen-bond acceptors (Lipinski definition) is 2. The van der Waals surface area contributed by atoms with E-state index >= 15 is 0 Å². The predicted octanol–water partition coefficient (Wildman–Crippen LogP) is 4.55. The molecule has 0 bridgehead atoms. The van der Waals surface area contributed by atoms with Gasteiger partial charge in [-0.05, 0) is 66.0 Å². The fourth-order valence-electron chi connectivity index (χ4n) is 2.32. The highest BCUT2D eigenvalue weighted by molar-refractivity contribution is 9.10. The molecule has 0 amide bonds. The molecule has 1 aromatic carbocycles. The first kappa shape index (κ1) is 15.2. The van der Waals surface area contributed by atoms with E-state index in [0.717, 1.165) is 23.1 Å². The van der Waals surface area contributed by atoms with Crippen LogP contribution in [0.2, 0.25) is 0 Å². The van der Waals surface area contributed by atoms with E-state index in [0.29, 0.717) is 0 Å². The van der Waals surface area contributed by atoms with Crippen LogP contribution >= 0.6 is 15.9 Å². The number of pyridine rings is 1. The van der Waals surface area contributed by atoms with Crippen molar-refractivity contribution in [3.63, 3.8) is 0 Å². The van der Waals surface area contributed by atoms with Gasteiger partial charge in [0.2, 0.25) is 0 Å². The molecule has 1 N–H and O–H groups in total. The van der Waals surface area contributed by atoms with E-state index in [-0.39, 0.29) is 6.04 Å². The summed E-state index contributed by atoms with van der Waals surface area (Å²) >= 11 is 3.63. The monoisotopic (exact) mass is 332 g/mol. The minimum absolute atomic E-state index is 0.130. The third kappa shape index (κ3) is 3.47. The zero-order valence-electron chi connectivity index (χ0n) is 12.3. The van der Waals surface area contributed by atoms with Gasteiger partial charge in [0.1, 0.15) is 0 Å². The number of hydrogen-bond donors (Lipinski definition) is 1. The van der Waals surface area contributed by atoms with Gasteiger partial charge in [-0.2, -0.15) is 0 Å². The van der Waals surface area contributed by atoms with Crippen LogP contribution in [0.5, 0.6) is 0 Å². The minimum Gasteiger partial charge on any atom is -0.305 e. The summed E-state index contributed by atoms with van der Waals surface area (Å²) in [6, 6.07) is 10.7. The summed E-state index contributed by atoms with van der Waals surface area (Å²) in [5, 5.41) is 3.62. The molecule has 1 atom stereocenters. The van der Waals surface area contributed by atoms with Crippen molar-refractivity contribution < 1.29 is 0 Å². The number of halogens is 1. The fraction of sp³-hybridized carbons (Fsp3) is 0.353. The van der Waals surface area contributed by atoms with Gasteiger partial charge >= 0.3 is 0 Å². The van der Waals surface area contributed by atoms with Crippen LogP contribution < -0.4 is 5.32 Å². The molecule has 0 aliphatic carbocycles. The minimum atomic E-state index is 0.130. The highest BCUT2D eigenvalue weighted by Gasteiger charge is 2.19. The summed E-state index contributed by atoms with van der Waals surface area (Å²) in [6.45, 7) is 7.45. The van der Waals surface area contributed by atoms with E-state index in [2.05, 4.69) is 65.2 Å². The van der Waals surface area contributed by atoms with Crippen LogP contribution in [0.4, 0.5) is 0 Å². The summed E-state index contributed by atoms with van der Waals surface area (Å²) in [7, 11) is 0. The Bertz CT molecular complexity index is 581. The van der Waals surface area contributed by atoms with E-state index < -0.39 is 0 Å². The smallest absolute Gasteiger partial charge is 0.0765 e. The first-order valence-corrected chi connectivity index (χ1v) is 7.83. The molecular weight excluding hydrogens is 312 g/mol. The maximum absolute atomic E-state index is 4.57. The first-order valence-electron chi connectivity index (χ1n) is 7.04. The molecule has 106 valence electrons. The van der Waals surface area contributed by atoms with Gasteiger partial charge in [0.25, 0.3) is 0 Å². The Labute approximate surface area is 129 Å². The second kappa shape index (κ2) is 7.00. The van der Waals surface area contributed by atoms with E-state index in [4.69, 9.17) is 0 Å². The summed E-state index contributed by atoms with van der Waals surface area (Å²) in [5.74, 6) is 0. The molecule has 1 unspecified atom stereocenters. The summed E-state index contributed by atoms with van der Waals surface area (Å²) in [4.78, 5) is 4.57. The molecule has 3 heteroatoms. The van der Waals surface area contributed by atoms with Crippen molar-refractivity contribution in [3.8, 4) is 0 Å². The molecule has 2 aromatic rings. The summed E-state index contributed by atoms with van der Waals surface area (Å²) in [6.07, 6.45) is 2.96. The fourth-order valence-corrected chi connectivity index (χ4v) is 2.81. The van der Waals surface area contributed by atoms with Gasteiger partial charge in [0, 0.05) is 10.7 Å². The molecule has 0 saturated carbocycles. The number of benzene rings is 1. The normalized spacial score (nSPS) is 12.4. The largest absolute Gasteiger partial charge is 0.305 e. The van der Waals surface area contributed by atoms with Gasteiger partial charge in [-0.3, -0.25) is 4.98 Å². The second-order valence-corrected chi connectivity index (χ2v) is 5.97. The maximum atomic E-state index is 4.57. The molecule has 2 rings (SSSR count). The van der Waals surface area contributed by atoms with Crippen molar-refractivity contribution in [2.24, 2.45) is 0 Å². The van der Waals surface area contributed by atoms with Gasteiger partial charge in [0.15, 0.2) is 0 Å². The first-order chi connectivity index (χ1) is 9.63. The van der Waals surface area contributed by atoms with Gasteiger partial charge in [-0.15, -0.1) is 0 Å². The number of aryl methyl sites for hydroxylation is 2. The number of rotatable bonds is 5. The van der Waals surface area contributed by atoms with E-state index in [1.165, 1.54) is 16.7 Å². The predicted molar refractivity (Wildman–Crippen MR) is 88.0 cm³/mol. The van der Waals surface area contributed by atoms with Crippen molar-refractivity contribution in [1.29, 1.82) is 0 Å². The number of nitrogens with one attached hydrogen (secondary N) is 1. The van der Waals surface area contributed by atoms with E-state index in [1.807, 2.05) is 18.3 Å². The van der Waals surface area contributed by atoms with Gasteiger partial charge in [-0.25, -0.2) is 0 Å². The Kier molecular flexibility index (Phi) is 5.32. The van der Waals surface area contributed by atoms with Crippen molar-refractivity contribution in [2.45, 2.75) is 33.2 Å². The lowest BCUT2D eigenvalue weighted by Crippen LogP contribution is -2.25. The molecule has 20 heavy (non-hydrogen) atoms. The zero-order chi connectivity index (χ0) is 14.5. The highest BCUT2D eigenvalue weighted by Crippen LogP contribution is 2.29. The van der Waals surface area contributed by atoms with E-state index in [9.17, 15) is 0 Å². The third-order valence-electron chi connectivity index (χ3n) is 3.40. The topological polar surface area (TPSA) is 24.9 Å². The second-order valence-electron chi connectivity index (χ2n) is 5.12. The SMILES string of the molecule is CCCNC(c1cc(C)ccc1C)c1ncccc1Br. The molecule has 0 aliphatic rings. The van der Waals surface area contributed by atoms with Gasteiger partial charge < -0.3 is 5.32 Å². The summed E-state index contributed by atoms with van der Waals surface area (Å²) in [5.41, 5.74) is 4.93. The van der Waals surface area contributed by atoms with Gasteiger partial charge in [0.05, 0.1) is 11.7 Å². The van der Waals surface area contributed by atoms with E-state index in [1.54, 1.807) is 0 Å². The molecule has 1 heterocycles. The third-order valence-corrected chi connectivity index (χ3v) is 4.08. The molecule has 2 nitrogen and oxygen atoms in total. The molecule has 1 aromatic heterocycles. The van der Waals surface area contributed by atoms with Crippen LogP contribution in [-0.4, -0.2) is 11.5 Å². The number of aromatic nitrogens is 1. The molecule has 0 aliphatic heterocycles. The molecule has 0 radical (unpaired) electrons. The molecule has 0 fully saturated rings. The highest BCUT2D eigenvalue weighted by atomic mass is 79.9. The summed E-state index contributed by atoms with van der Waals surface area (Å²) < 4.78 is 1.05. The van der Waals surface area contributed by atoms with Crippen molar-refractivity contribution in [3.05, 3.63) is 63.4 Å². The Morgan fingerprint density at radius 3 is 2.75 bits per heavy atom. The molecular formula is C17H21BrN2. The van der Waals surface area contributed by atoms with Crippen LogP contribution in [0.25, 0.3) is 0 Å². The van der Waals surface area contributed by atoms with Crippen molar-refractivity contribution in [1.82, 2.24) is 10.3 Å². The van der Waals surface area contributed by atoms with Crippen molar-refractivity contribution >= 4 is 15.9 Å². The van der Waals surface area contributed by atoms with Crippen LogP contribution in [0.1, 0.15) is 41.8 Å². The lowest BCUT2D eigenvalue weighted by molar-refractivity contribution is 0.582. The maximum Gasteiger partial charge on any atom is 0.0765 e. The van der Waals surface area contributed by atoms with Crippen LogP contribution in [0.15, 0.2) is 41.0 Å². The quantitative estimate of drug-likeness (QED) is 0.868. The lowest BCUT2D eigenvalue weighted by atomic mass is 9.96. The molecule has 0 saturated heterocycles. The Morgan fingerprint density at radius 2 is 2.05 bits per heavy atom. The lowest BCUT2D eigenvalue weighted by Gasteiger charge is -2.22. The van der Waals surface area contributed by atoms with Crippen LogP contribution in [0, 0.1) is 13.8 Å². The average Bonchev–Trinajstić information content (AvgIpc) is 2.44. The van der Waals surface area contributed by atoms with Crippen LogP contribution in [-0.2, 0) is 0 Å². The van der Waals surface area contributed by atoms with Gasteiger partial charge in [-0.1, -0.05) is 30.7 Å². The Hall–Kier alpha value is -1.19. The Morgan fingerprint density at radius 1 is 1.25 bits per heavy atom. The van der Waals surface area contributed by atoms with Crippen LogP contribution in [0.3, 0.4) is 0 Å². The standard InChI is InChI=1S/C17H21BrN2/c1-4-9-19-16(17-15(18)6-5-10-20-17)14-11-12(2)7-8-13(14)3/h5-8,10-11,16,19H,4,9H2,1-3H3. The zero-order valence-corrected chi connectivity index (χ0v) is 13.9. The molecule has 0 spiro atoms. The number of nitrogens with zero attached hydrogens (tertiary/aromatic N) is 1. The van der Waals surface area contributed by atoms with Crippen molar-refractivity contribution in [2.75, 3.05) is 6.54 Å². The Balaban J connectivity index is 2.47. The average molecular weight is 333 g/mol.